The molecule has 8 aromatic carbocycles. The first-order chi connectivity index (χ1) is 27.7. The molecule has 0 aliphatic heterocycles. The summed E-state index contributed by atoms with van der Waals surface area (Å²) in [5.41, 5.74) is 4.60. The summed E-state index contributed by atoms with van der Waals surface area (Å²) in [5, 5.41) is 10.1. The van der Waals surface area contributed by atoms with E-state index in [9.17, 15) is 0 Å². The molecule has 0 unspecified atom stereocenters. The maximum Gasteiger partial charge on any atom is 2.00 e. The molecule has 0 aliphatic rings. The molecule has 4 aromatic heterocycles. The Morgan fingerprint density at radius 1 is 0.267 bits per heavy atom. The van der Waals surface area contributed by atoms with Crippen molar-refractivity contribution in [2.75, 3.05) is 0 Å². The van der Waals surface area contributed by atoms with Gasteiger partial charge in [0, 0.05) is 0 Å². The molecule has 12 rings (SSSR count). The quantitative estimate of drug-likeness (QED) is 0.131. The van der Waals surface area contributed by atoms with Crippen molar-refractivity contribution in [3.8, 4) is 45.3 Å². The minimum absolute atomic E-state index is 0. The van der Waals surface area contributed by atoms with Gasteiger partial charge in [0.2, 0.25) is 0 Å². The molecule has 0 aliphatic carbocycles. The summed E-state index contributed by atoms with van der Waals surface area (Å²) in [6.45, 7) is 0. The van der Waals surface area contributed by atoms with Crippen molar-refractivity contribution in [1.29, 1.82) is 0 Å². The number of rotatable bonds is 4. The van der Waals surface area contributed by atoms with Gasteiger partial charge in [-0.25, -0.2) is 0 Å². The zero-order chi connectivity index (χ0) is 37.5. The molecule has 0 atom stereocenters. The smallest absolute Gasteiger partial charge is 1.00 e. The maximum absolute atomic E-state index is 5.35. The standard InChI is InChI=1S/4C13H9O.2BrH.2Ti/c4*1-2-5-11-9-12(8-10(11)4-1)13-6-3-7-14-13;;;;/h4*1-9H;2*1H;;/q4*-1;;;2*+2/p-2. The number of hydrogen-bond donors (Lipinski definition) is 0. The third-order valence-corrected chi connectivity index (χ3v) is 9.69. The molecule has 60 heavy (non-hydrogen) atoms. The van der Waals surface area contributed by atoms with Gasteiger partial charge < -0.3 is 51.6 Å². The van der Waals surface area contributed by atoms with Crippen molar-refractivity contribution in [2.24, 2.45) is 0 Å². The molecule has 0 radical (unpaired) electrons. The Morgan fingerprint density at radius 3 is 0.667 bits per heavy atom. The topological polar surface area (TPSA) is 52.6 Å². The Balaban J connectivity index is 0.000000148. The third kappa shape index (κ3) is 10.8. The first-order valence-corrected chi connectivity index (χ1v) is 18.5. The molecule has 0 bridgehead atoms. The van der Waals surface area contributed by atoms with Crippen molar-refractivity contribution >= 4 is 43.1 Å². The normalized spacial score (nSPS) is 10.1. The Labute approximate surface area is 399 Å². The van der Waals surface area contributed by atoms with Gasteiger partial charge in [-0.3, -0.25) is 0 Å². The molecule has 0 fully saturated rings. The molecule has 4 heterocycles. The van der Waals surface area contributed by atoms with Gasteiger partial charge in [-0.05, 0) is 24.3 Å². The second-order valence-corrected chi connectivity index (χ2v) is 13.4. The molecule has 0 saturated carbocycles. The number of fused-ring (bicyclic) bond motifs is 4. The van der Waals surface area contributed by atoms with Gasteiger partial charge >= 0.3 is 43.4 Å². The Hall–Kier alpha value is -5.17. The molecule has 0 N–H and O–H groups in total. The van der Waals surface area contributed by atoms with Crippen molar-refractivity contribution < 1.29 is 95.1 Å². The number of furan rings is 4. The van der Waals surface area contributed by atoms with Crippen LogP contribution in [-0.4, -0.2) is 0 Å². The summed E-state index contributed by atoms with van der Waals surface area (Å²) >= 11 is 0. The Bertz CT molecular complexity index is 2480. The number of hydrogen-bond acceptors (Lipinski definition) is 4. The molecule has 0 amide bonds. The average molecular weight is 980 g/mol. The summed E-state index contributed by atoms with van der Waals surface area (Å²) in [5.74, 6) is 3.73. The largest absolute Gasteiger partial charge is 2.00 e. The second kappa shape index (κ2) is 21.9. The van der Waals surface area contributed by atoms with E-state index in [2.05, 4.69) is 97.1 Å². The van der Waals surface area contributed by atoms with Crippen LogP contribution >= 0.6 is 0 Å². The first-order valence-electron chi connectivity index (χ1n) is 18.5. The third-order valence-electron chi connectivity index (χ3n) is 9.69. The predicted octanol–water partition coefficient (Wildman–Crippen LogP) is 9.28. The van der Waals surface area contributed by atoms with E-state index in [1.807, 2.05) is 97.1 Å². The zero-order valence-corrected chi connectivity index (χ0v) is 38.5. The van der Waals surface area contributed by atoms with Crippen molar-refractivity contribution in [3.63, 3.8) is 0 Å². The van der Waals surface area contributed by atoms with Gasteiger partial charge in [-0.1, -0.05) is 119 Å². The van der Waals surface area contributed by atoms with Gasteiger partial charge in [0.15, 0.2) is 0 Å². The fraction of sp³-hybridized carbons (Fsp3) is 0. The van der Waals surface area contributed by atoms with E-state index in [1.54, 1.807) is 25.1 Å². The fourth-order valence-electron chi connectivity index (χ4n) is 6.94. The van der Waals surface area contributed by atoms with Crippen LogP contribution in [0.3, 0.4) is 0 Å². The van der Waals surface area contributed by atoms with Gasteiger partial charge in [0.05, 0.1) is 48.1 Å². The van der Waals surface area contributed by atoms with Gasteiger partial charge in [-0.2, -0.15) is 0 Å². The summed E-state index contributed by atoms with van der Waals surface area (Å²) < 4.78 is 21.4. The van der Waals surface area contributed by atoms with Gasteiger partial charge in [-0.15, -0.1) is 116 Å². The maximum atomic E-state index is 5.35. The van der Waals surface area contributed by atoms with E-state index in [0.29, 0.717) is 0 Å². The van der Waals surface area contributed by atoms with Crippen molar-refractivity contribution in [3.05, 3.63) is 219 Å². The van der Waals surface area contributed by atoms with E-state index < -0.39 is 0 Å². The van der Waals surface area contributed by atoms with Crippen LogP contribution in [0.1, 0.15) is 0 Å². The number of benzene rings is 4. The van der Waals surface area contributed by atoms with E-state index in [4.69, 9.17) is 17.7 Å². The minimum Gasteiger partial charge on any atom is -1.00 e. The average Bonchev–Trinajstić information content (AvgIpc) is 4.11. The fourth-order valence-corrected chi connectivity index (χ4v) is 6.94. The summed E-state index contributed by atoms with van der Waals surface area (Å²) in [4.78, 5) is 0. The van der Waals surface area contributed by atoms with Crippen molar-refractivity contribution in [2.45, 2.75) is 0 Å². The molecular weight excluding hydrogens is 944 g/mol. The summed E-state index contributed by atoms with van der Waals surface area (Å²) in [6, 6.07) is 66.0. The van der Waals surface area contributed by atoms with Crippen LogP contribution in [0.2, 0.25) is 0 Å². The van der Waals surface area contributed by atoms with Crippen LogP contribution in [0.4, 0.5) is 0 Å². The number of halogens is 2. The Morgan fingerprint density at radius 2 is 0.483 bits per heavy atom. The van der Waals surface area contributed by atoms with Crippen LogP contribution in [0.25, 0.3) is 88.4 Å². The van der Waals surface area contributed by atoms with E-state index in [-0.39, 0.29) is 77.4 Å². The van der Waals surface area contributed by atoms with E-state index >= 15 is 0 Å². The van der Waals surface area contributed by atoms with Crippen LogP contribution in [0.15, 0.2) is 237 Å². The molecular formula is C52H36Br2O4Ti2-2. The van der Waals surface area contributed by atoms with Crippen molar-refractivity contribution in [1.82, 2.24) is 0 Å². The summed E-state index contributed by atoms with van der Waals surface area (Å²) in [7, 11) is 0. The first kappa shape index (κ1) is 45.9. The predicted molar refractivity (Wildman–Crippen MR) is 229 cm³/mol. The van der Waals surface area contributed by atoms with Gasteiger partial charge in [0.25, 0.3) is 0 Å². The van der Waals surface area contributed by atoms with Crippen LogP contribution in [0, 0.1) is 0 Å². The van der Waals surface area contributed by atoms with Gasteiger partial charge in [0.1, 0.15) is 0 Å². The summed E-state index contributed by atoms with van der Waals surface area (Å²) in [6.07, 6.45) is 6.81. The zero-order valence-electron chi connectivity index (χ0n) is 32.2. The monoisotopic (exact) mass is 978 g/mol. The Kier molecular flexibility index (Phi) is 16.8. The van der Waals surface area contributed by atoms with Crippen LogP contribution < -0.4 is 34.0 Å². The minimum atomic E-state index is 0. The molecule has 0 spiro atoms. The van der Waals surface area contributed by atoms with Crippen LogP contribution in [0.5, 0.6) is 0 Å². The molecule has 12 aromatic rings. The molecule has 0 saturated heterocycles. The molecule has 4 nitrogen and oxygen atoms in total. The van der Waals surface area contributed by atoms with E-state index in [1.165, 1.54) is 43.1 Å². The van der Waals surface area contributed by atoms with E-state index in [0.717, 1.165) is 45.3 Å². The molecule has 292 valence electrons. The van der Waals surface area contributed by atoms with Crippen LogP contribution in [-0.2, 0) is 43.4 Å². The second-order valence-electron chi connectivity index (χ2n) is 13.4. The molecule has 8 heteroatoms. The SMILES string of the molecule is [Br-].[Br-].[Ti+2].[Ti+2].c1coc(-c2cc3ccccc3[cH-]2)c1.c1coc(-c2cc3ccccc3[cH-]2)c1.c1coc(-c2cc3ccccc3[cH-]2)c1.c1coc(-c2cc3ccccc3[cH-]2)c1.